The summed E-state index contributed by atoms with van der Waals surface area (Å²) in [6, 6.07) is 3.13. The van der Waals surface area contributed by atoms with Gasteiger partial charge in [0.1, 0.15) is 11.7 Å². The summed E-state index contributed by atoms with van der Waals surface area (Å²) in [5, 5.41) is 0.595. The standard InChI is InChI=1S/C14H17Cl2NO2/c15-10-7-8-11(16)13(17)12(10)14(18)19-9-5-3-1-2-4-6-9/h7-9H,1-6,17H2. The largest absolute Gasteiger partial charge is 0.459 e. The third-order valence-corrected chi connectivity index (χ3v) is 4.07. The van der Waals surface area contributed by atoms with E-state index in [1.54, 1.807) is 12.1 Å². The molecule has 1 aromatic rings. The fraction of sp³-hybridized carbons (Fsp3) is 0.500. The molecule has 0 unspecified atom stereocenters. The van der Waals surface area contributed by atoms with Crippen molar-refractivity contribution in [1.29, 1.82) is 0 Å². The summed E-state index contributed by atoms with van der Waals surface area (Å²) in [7, 11) is 0. The van der Waals surface area contributed by atoms with E-state index in [2.05, 4.69) is 0 Å². The summed E-state index contributed by atoms with van der Waals surface area (Å²) in [5.41, 5.74) is 6.17. The van der Waals surface area contributed by atoms with Crippen molar-refractivity contribution in [2.75, 3.05) is 5.73 Å². The van der Waals surface area contributed by atoms with Gasteiger partial charge in [-0.05, 0) is 37.8 Å². The molecule has 1 fully saturated rings. The second-order valence-corrected chi connectivity index (χ2v) is 5.65. The van der Waals surface area contributed by atoms with Gasteiger partial charge in [-0.15, -0.1) is 0 Å². The van der Waals surface area contributed by atoms with Gasteiger partial charge in [0.05, 0.1) is 15.7 Å². The first-order valence-corrected chi connectivity index (χ1v) is 7.29. The smallest absolute Gasteiger partial charge is 0.342 e. The average molecular weight is 302 g/mol. The van der Waals surface area contributed by atoms with Gasteiger partial charge in [-0.2, -0.15) is 0 Å². The quantitative estimate of drug-likeness (QED) is 0.498. The Morgan fingerprint density at radius 1 is 1.11 bits per heavy atom. The van der Waals surface area contributed by atoms with Crippen LogP contribution in [0.2, 0.25) is 10.0 Å². The van der Waals surface area contributed by atoms with Crippen LogP contribution in [0, 0.1) is 0 Å². The Kier molecular flexibility index (Phi) is 4.94. The van der Waals surface area contributed by atoms with Crippen LogP contribution in [0.25, 0.3) is 0 Å². The van der Waals surface area contributed by atoms with Crippen LogP contribution in [-0.4, -0.2) is 12.1 Å². The SMILES string of the molecule is Nc1c(Cl)ccc(Cl)c1C(=O)OC1CCCCCC1. The van der Waals surface area contributed by atoms with Gasteiger partial charge in [0.2, 0.25) is 0 Å². The first kappa shape index (κ1) is 14.5. The average Bonchev–Trinajstić information content (AvgIpc) is 2.63. The minimum absolute atomic E-state index is 0.0375. The van der Waals surface area contributed by atoms with Crippen molar-refractivity contribution in [1.82, 2.24) is 0 Å². The highest BCUT2D eigenvalue weighted by Gasteiger charge is 2.22. The van der Waals surface area contributed by atoms with E-state index in [1.807, 2.05) is 0 Å². The molecule has 0 radical (unpaired) electrons. The molecular formula is C14H17Cl2NO2. The van der Waals surface area contributed by atoms with Crippen LogP contribution in [0.15, 0.2) is 12.1 Å². The second-order valence-electron chi connectivity index (χ2n) is 4.84. The third kappa shape index (κ3) is 3.54. The first-order valence-electron chi connectivity index (χ1n) is 6.54. The fourth-order valence-corrected chi connectivity index (χ4v) is 2.74. The third-order valence-electron chi connectivity index (χ3n) is 3.42. The number of carbonyl (C=O) groups is 1. The van der Waals surface area contributed by atoms with E-state index in [4.69, 9.17) is 33.7 Å². The highest BCUT2D eigenvalue weighted by Crippen LogP contribution is 2.31. The maximum atomic E-state index is 12.2. The maximum Gasteiger partial charge on any atom is 0.342 e. The molecule has 104 valence electrons. The van der Waals surface area contributed by atoms with Gasteiger partial charge in [-0.25, -0.2) is 4.79 Å². The first-order chi connectivity index (χ1) is 9.09. The van der Waals surface area contributed by atoms with E-state index < -0.39 is 5.97 Å². The molecule has 1 aromatic carbocycles. The Balaban J connectivity index is 2.13. The summed E-state index contributed by atoms with van der Waals surface area (Å²) >= 11 is 11.9. The lowest BCUT2D eigenvalue weighted by molar-refractivity contribution is 0.0269. The van der Waals surface area contributed by atoms with Gasteiger partial charge >= 0.3 is 5.97 Å². The van der Waals surface area contributed by atoms with E-state index in [-0.39, 0.29) is 22.4 Å². The van der Waals surface area contributed by atoms with Gasteiger partial charge < -0.3 is 10.5 Å². The van der Waals surface area contributed by atoms with E-state index in [1.165, 1.54) is 12.8 Å². The summed E-state index contributed by atoms with van der Waals surface area (Å²) < 4.78 is 5.51. The summed E-state index contributed by atoms with van der Waals surface area (Å²) in [6.45, 7) is 0. The molecule has 0 aliphatic heterocycles. The van der Waals surface area contributed by atoms with Crippen molar-refractivity contribution in [3.8, 4) is 0 Å². The minimum atomic E-state index is -0.475. The predicted molar refractivity (Wildman–Crippen MR) is 77.8 cm³/mol. The van der Waals surface area contributed by atoms with Crippen molar-refractivity contribution >= 4 is 34.9 Å². The van der Waals surface area contributed by atoms with E-state index in [9.17, 15) is 4.79 Å². The van der Waals surface area contributed by atoms with Crippen LogP contribution in [0.3, 0.4) is 0 Å². The molecule has 0 aromatic heterocycles. The Morgan fingerprint density at radius 3 is 2.32 bits per heavy atom. The molecule has 2 N–H and O–H groups in total. The molecule has 0 spiro atoms. The lowest BCUT2D eigenvalue weighted by Gasteiger charge is -2.17. The van der Waals surface area contributed by atoms with Crippen LogP contribution in [0.1, 0.15) is 48.9 Å². The molecule has 5 heteroatoms. The van der Waals surface area contributed by atoms with Gasteiger partial charge in [0.25, 0.3) is 0 Å². The van der Waals surface area contributed by atoms with Crippen LogP contribution in [0.4, 0.5) is 5.69 Å². The highest BCUT2D eigenvalue weighted by atomic mass is 35.5. The number of rotatable bonds is 2. The molecule has 19 heavy (non-hydrogen) atoms. The normalized spacial score (nSPS) is 16.9. The Labute approximate surface area is 123 Å². The highest BCUT2D eigenvalue weighted by molar-refractivity contribution is 6.38. The minimum Gasteiger partial charge on any atom is -0.459 e. The zero-order valence-electron chi connectivity index (χ0n) is 10.6. The number of benzene rings is 1. The number of ether oxygens (including phenoxy) is 1. The molecule has 1 aliphatic rings. The molecule has 0 amide bonds. The number of carbonyl (C=O) groups excluding carboxylic acids is 1. The summed E-state index contributed by atoms with van der Waals surface area (Å²) in [5.74, 6) is -0.475. The number of nitrogen functional groups attached to an aromatic ring is 1. The van der Waals surface area contributed by atoms with Crippen molar-refractivity contribution in [2.45, 2.75) is 44.6 Å². The molecule has 2 rings (SSSR count). The lowest BCUT2D eigenvalue weighted by Crippen LogP contribution is -2.19. The molecular weight excluding hydrogens is 285 g/mol. The number of halogens is 2. The van der Waals surface area contributed by atoms with Gasteiger partial charge in [-0.3, -0.25) is 0 Å². The summed E-state index contributed by atoms with van der Waals surface area (Å²) in [4.78, 5) is 12.2. The number of esters is 1. The van der Waals surface area contributed by atoms with Crippen LogP contribution < -0.4 is 5.73 Å². The van der Waals surface area contributed by atoms with Crippen LogP contribution >= 0.6 is 23.2 Å². The topological polar surface area (TPSA) is 52.3 Å². The number of anilines is 1. The molecule has 0 bridgehead atoms. The molecule has 1 saturated carbocycles. The molecule has 3 nitrogen and oxygen atoms in total. The molecule has 0 heterocycles. The van der Waals surface area contributed by atoms with Gasteiger partial charge in [0, 0.05) is 0 Å². The second kappa shape index (κ2) is 6.49. The molecule has 0 saturated heterocycles. The maximum absolute atomic E-state index is 12.2. The number of hydrogen-bond donors (Lipinski definition) is 1. The predicted octanol–water partition coefficient (Wildman–Crippen LogP) is 4.46. The van der Waals surface area contributed by atoms with Crippen molar-refractivity contribution in [3.63, 3.8) is 0 Å². The van der Waals surface area contributed by atoms with Crippen LogP contribution in [-0.2, 0) is 4.74 Å². The van der Waals surface area contributed by atoms with E-state index >= 15 is 0 Å². The molecule has 1 aliphatic carbocycles. The Bertz CT molecular complexity index is 469. The van der Waals surface area contributed by atoms with Crippen LogP contribution in [0.5, 0.6) is 0 Å². The van der Waals surface area contributed by atoms with Crippen molar-refractivity contribution in [2.24, 2.45) is 0 Å². The van der Waals surface area contributed by atoms with Gasteiger partial charge in [-0.1, -0.05) is 36.0 Å². The number of hydrogen-bond acceptors (Lipinski definition) is 3. The van der Waals surface area contributed by atoms with Crippen molar-refractivity contribution in [3.05, 3.63) is 27.7 Å². The monoisotopic (exact) mass is 301 g/mol. The fourth-order valence-electron chi connectivity index (χ4n) is 2.35. The number of nitrogens with two attached hydrogens (primary N) is 1. The Morgan fingerprint density at radius 2 is 1.68 bits per heavy atom. The van der Waals surface area contributed by atoms with E-state index in [0.717, 1.165) is 25.7 Å². The zero-order chi connectivity index (χ0) is 13.8. The Hall–Kier alpha value is -0.930. The molecule has 0 atom stereocenters. The van der Waals surface area contributed by atoms with Gasteiger partial charge in [0.15, 0.2) is 0 Å². The summed E-state index contributed by atoms with van der Waals surface area (Å²) in [6.07, 6.45) is 6.37. The van der Waals surface area contributed by atoms with Crippen molar-refractivity contribution < 1.29 is 9.53 Å². The van der Waals surface area contributed by atoms with E-state index in [0.29, 0.717) is 5.02 Å². The lowest BCUT2D eigenvalue weighted by atomic mass is 10.1. The zero-order valence-corrected chi connectivity index (χ0v) is 12.1.